The van der Waals surface area contributed by atoms with E-state index in [-0.39, 0.29) is 18.1 Å². The summed E-state index contributed by atoms with van der Waals surface area (Å²) in [4.78, 5) is 31.0. The Morgan fingerprint density at radius 2 is 1.97 bits per heavy atom. The molecule has 7 nitrogen and oxygen atoms in total. The number of methoxy groups -OCH3 is 1. The van der Waals surface area contributed by atoms with E-state index < -0.39 is 5.97 Å². The molecule has 11 heteroatoms. The number of carbonyl (C=O) groups is 2. The van der Waals surface area contributed by atoms with Gasteiger partial charge in [0.05, 0.1) is 26.8 Å². The molecular formula is C27H21Cl2IN2O5S. The second-order valence-electron chi connectivity index (χ2n) is 7.97. The minimum absolute atomic E-state index is 0.127. The van der Waals surface area contributed by atoms with E-state index >= 15 is 0 Å². The Morgan fingerprint density at radius 1 is 1.18 bits per heavy atom. The molecule has 1 aliphatic heterocycles. The molecule has 1 amide bonds. The van der Waals surface area contributed by atoms with Crippen LogP contribution < -0.4 is 9.47 Å². The van der Waals surface area contributed by atoms with Crippen molar-refractivity contribution in [2.24, 2.45) is 4.99 Å². The molecule has 0 spiro atoms. The quantitative estimate of drug-likeness (QED) is 0.196. The Morgan fingerprint density at radius 3 is 2.66 bits per heavy atom. The lowest BCUT2D eigenvalue weighted by Gasteiger charge is -2.14. The third kappa shape index (κ3) is 6.45. The molecule has 1 N–H and O–H groups in total. The molecule has 0 saturated carbocycles. The highest BCUT2D eigenvalue weighted by Crippen LogP contribution is 2.38. The first-order chi connectivity index (χ1) is 18.2. The molecule has 38 heavy (non-hydrogen) atoms. The van der Waals surface area contributed by atoms with Crippen LogP contribution in [0, 0.1) is 3.57 Å². The molecule has 4 rings (SSSR count). The Hall–Kier alpha value is -2.73. The standard InChI is InChI=1S/C27H21Cl2IN2O5S/c1-3-32-25(33)23(38-27(32)31-19-6-4-5-16(12-19)26(34)35)11-15-9-21(30)24(22(10-15)36-2)37-14-17-7-8-18(28)13-20(17)29/h4-13H,3,14H2,1-2H3,(H,34,35). The highest BCUT2D eigenvalue weighted by Gasteiger charge is 2.32. The predicted octanol–water partition coefficient (Wildman–Crippen LogP) is 7.51. The molecule has 3 aromatic rings. The lowest BCUT2D eigenvalue weighted by molar-refractivity contribution is -0.122. The van der Waals surface area contributed by atoms with Crippen LogP contribution in [0.3, 0.4) is 0 Å². The average Bonchev–Trinajstić information content (AvgIpc) is 3.17. The second-order valence-corrected chi connectivity index (χ2v) is 11.0. The molecule has 0 aliphatic carbocycles. The Balaban J connectivity index is 1.60. The van der Waals surface area contributed by atoms with Gasteiger partial charge in [0.1, 0.15) is 6.61 Å². The van der Waals surface area contributed by atoms with Gasteiger partial charge in [0.2, 0.25) is 0 Å². The summed E-state index contributed by atoms with van der Waals surface area (Å²) in [6, 6.07) is 15.2. The van der Waals surface area contributed by atoms with Gasteiger partial charge in [-0.25, -0.2) is 9.79 Å². The first-order valence-electron chi connectivity index (χ1n) is 11.3. The molecule has 0 radical (unpaired) electrons. The van der Waals surface area contributed by atoms with E-state index in [9.17, 15) is 14.7 Å². The van der Waals surface area contributed by atoms with E-state index in [0.29, 0.717) is 43.8 Å². The summed E-state index contributed by atoms with van der Waals surface area (Å²) >= 11 is 15.6. The van der Waals surface area contributed by atoms with Crippen LogP contribution >= 0.6 is 57.6 Å². The number of thioether (sulfide) groups is 1. The van der Waals surface area contributed by atoms with E-state index in [4.69, 9.17) is 32.7 Å². The minimum atomic E-state index is -1.04. The van der Waals surface area contributed by atoms with Crippen molar-refractivity contribution in [1.82, 2.24) is 4.90 Å². The molecular weight excluding hydrogens is 662 g/mol. The largest absolute Gasteiger partial charge is 0.493 e. The fraction of sp³-hybridized carbons (Fsp3) is 0.148. The van der Waals surface area contributed by atoms with E-state index in [0.717, 1.165) is 14.7 Å². The van der Waals surface area contributed by atoms with Crippen molar-refractivity contribution in [3.8, 4) is 11.5 Å². The number of hydrogen-bond acceptors (Lipinski definition) is 6. The van der Waals surface area contributed by atoms with Gasteiger partial charge in [0.25, 0.3) is 5.91 Å². The summed E-state index contributed by atoms with van der Waals surface area (Å²) in [6.07, 6.45) is 1.77. The van der Waals surface area contributed by atoms with Gasteiger partial charge in [0.15, 0.2) is 16.7 Å². The van der Waals surface area contributed by atoms with E-state index in [1.807, 2.05) is 19.1 Å². The molecule has 1 saturated heterocycles. The van der Waals surface area contributed by atoms with E-state index in [2.05, 4.69) is 27.6 Å². The molecule has 0 bridgehead atoms. The number of aliphatic imine (C=N–C) groups is 1. The molecule has 1 aliphatic rings. The topological polar surface area (TPSA) is 88.4 Å². The fourth-order valence-corrected chi connectivity index (χ4v) is 5.90. The number of rotatable bonds is 8. The van der Waals surface area contributed by atoms with Gasteiger partial charge in [-0.1, -0.05) is 35.3 Å². The molecule has 1 heterocycles. The number of ether oxygens (including phenoxy) is 2. The van der Waals surface area contributed by atoms with Crippen LogP contribution in [0.5, 0.6) is 11.5 Å². The van der Waals surface area contributed by atoms with Crippen LogP contribution in [0.4, 0.5) is 5.69 Å². The highest BCUT2D eigenvalue weighted by atomic mass is 127. The monoisotopic (exact) mass is 682 g/mol. The zero-order valence-corrected chi connectivity index (χ0v) is 24.7. The molecule has 1 fully saturated rings. The van der Waals surface area contributed by atoms with Crippen molar-refractivity contribution in [2.45, 2.75) is 13.5 Å². The first-order valence-corrected chi connectivity index (χ1v) is 13.9. The number of amides is 1. The van der Waals surface area contributed by atoms with Crippen LogP contribution in [0.1, 0.15) is 28.4 Å². The minimum Gasteiger partial charge on any atom is -0.493 e. The van der Waals surface area contributed by atoms with Crippen molar-refractivity contribution in [2.75, 3.05) is 13.7 Å². The van der Waals surface area contributed by atoms with E-state index in [1.54, 1.807) is 48.4 Å². The van der Waals surface area contributed by atoms with Crippen molar-refractivity contribution >= 4 is 86.4 Å². The molecule has 0 unspecified atom stereocenters. The van der Waals surface area contributed by atoms with Crippen molar-refractivity contribution < 1.29 is 24.2 Å². The van der Waals surface area contributed by atoms with Gasteiger partial charge in [-0.15, -0.1) is 0 Å². The van der Waals surface area contributed by atoms with Crippen LogP contribution in [-0.2, 0) is 11.4 Å². The summed E-state index contributed by atoms with van der Waals surface area (Å²) in [5.41, 5.74) is 2.12. The number of halogens is 3. The van der Waals surface area contributed by atoms with Crippen LogP contribution in [0.15, 0.2) is 64.5 Å². The third-order valence-electron chi connectivity index (χ3n) is 5.46. The maximum absolute atomic E-state index is 13.1. The third-order valence-corrected chi connectivity index (χ3v) is 7.85. The number of nitrogens with zero attached hydrogens (tertiary/aromatic N) is 2. The van der Waals surface area contributed by atoms with Crippen LogP contribution in [0.25, 0.3) is 6.08 Å². The van der Waals surface area contributed by atoms with Gasteiger partial charge in [0, 0.05) is 22.2 Å². The average molecular weight is 683 g/mol. The van der Waals surface area contributed by atoms with E-state index in [1.165, 1.54) is 23.9 Å². The van der Waals surface area contributed by atoms with Crippen LogP contribution in [-0.4, -0.2) is 40.7 Å². The molecule has 0 atom stereocenters. The molecule has 3 aromatic carbocycles. The lowest BCUT2D eigenvalue weighted by atomic mass is 10.1. The van der Waals surface area contributed by atoms with Gasteiger partial charge in [-0.3, -0.25) is 9.69 Å². The summed E-state index contributed by atoms with van der Waals surface area (Å²) in [5, 5.41) is 10.8. The summed E-state index contributed by atoms with van der Waals surface area (Å²) in [5.74, 6) is -0.155. The van der Waals surface area contributed by atoms with Crippen molar-refractivity contribution in [3.63, 3.8) is 0 Å². The number of amidine groups is 1. The fourth-order valence-electron chi connectivity index (χ4n) is 3.59. The van der Waals surface area contributed by atoms with Gasteiger partial charge < -0.3 is 14.6 Å². The van der Waals surface area contributed by atoms with Crippen molar-refractivity contribution in [3.05, 3.63) is 89.8 Å². The summed E-state index contributed by atoms with van der Waals surface area (Å²) in [6.45, 7) is 2.50. The second kappa shape index (κ2) is 12.4. The Bertz CT molecular complexity index is 1480. The maximum Gasteiger partial charge on any atom is 0.335 e. The van der Waals surface area contributed by atoms with Gasteiger partial charge in [-0.2, -0.15) is 0 Å². The maximum atomic E-state index is 13.1. The number of carboxylic acid groups (broad SMARTS) is 1. The van der Waals surface area contributed by atoms with Crippen LogP contribution in [0.2, 0.25) is 10.0 Å². The predicted molar refractivity (Wildman–Crippen MR) is 160 cm³/mol. The normalized spacial score (nSPS) is 15.4. The number of hydrogen-bond donors (Lipinski definition) is 1. The summed E-state index contributed by atoms with van der Waals surface area (Å²) < 4.78 is 12.4. The molecule has 196 valence electrons. The van der Waals surface area contributed by atoms with Gasteiger partial charge >= 0.3 is 5.97 Å². The number of likely N-dealkylation sites (N-methyl/N-ethyl adjacent to an activating group) is 1. The zero-order valence-electron chi connectivity index (χ0n) is 20.2. The van der Waals surface area contributed by atoms with Crippen molar-refractivity contribution in [1.29, 1.82) is 0 Å². The number of benzene rings is 3. The van der Waals surface area contributed by atoms with Gasteiger partial charge in [-0.05, 0) is 95.4 Å². The Labute approximate surface area is 247 Å². The number of aromatic carboxylic acids is 1. The first kappa shape index (κ1) is 28.3. The lowest BCUT2D eigenvalue weighted by Crippen LogP contribution is -2.28. The smallest absolute Gasteiger partial charge is 0.335 e. The highest BCUT2D eigenvalue weighted by molar-refractivity contribution is 14.1. The summed E-state index contributed by atoms with van der Waals surface area (Å²) in [7, 11) is 1.55. The Kier molecular flexibility index (Phi) is 9.24. The number of carbonyl (C=O) groups excluding carboxylic acids is 1. The SMILES string of the molecule is CCN1C(=O)C(=Cc2cc(I)c(OCc3ccc(Cl)cc3Cl)c(OC)c2)SC1=Nc1cccc(C(=O)O)c1. The molecule has 0 aromatic heterocycles. The number of carboxylic acids is 1. The zero-order chi connectivity index (χ0) is 27.4.